The van der Waals surface area contributed by atoms with Crippen molar-refractivity contribution in [1.82, 2.24) is 10.5 Å². The Bertz CT molecular complexity index is 536. The predicted molar refractivity (Wildman–Crippen MR) is 81.1 cm³/mol. The molecular weight excluding hydrogens is 264 g/mol. The number of hydrogen-bond donors (Lipinski definition) is 1. The second-order valence-corrected chi connectivity index (χ2v) is 7.59. The monoisotopic (exact) mass is 290 g/mol. The molecule has 1 atom stereocenters. The van der Waals surface area contributed by atoms with E-state index < -0.39 is 5.41 Å². The van der Waals surface area contributed by atoms with Crippen LogP contribution >= 0.6 is 0 Å². The molecule has 1 amide bonds. The van der Waals surface area contributed by atoms with Gasteiger partial charge in [-0.1, -0.05) is 11.6 Å². The summed E-state index contributed by atoms with van der Waals surface area (Å²) in [4.78, 5) is 12.8. The van der Waals surface area contributed by atoms with Gasteiger partial charge in [0.15, 0.2) is 0 Å². The van der Waals surface area contributed by atoms with Crippen LogP contribution in [0.1, 0.15) is 69.4 Å². The predicted octanol–water partition coefficient (Wildman–Crippen LogP) is 3.41. The summed E-state index contributed by atoms with van der Waals surface area (Å²) in [5.41, 5.74) is 1.72. The van der Waals surface area contributed by atoms with Gasteiger partial charge < -0.3 is 9.84 Å². The van der Waals surface area contributed by atoms with E-state index in [9.17, 15) is 4.79 Å². The zero-order valence-corrected chi connectivity index (χ0v) is 13.6. The maximum atomic E-state index is 12.8. The highest BCUT2D eigenvalue weighted by Crippen LogP contribution is 2.56. The van der Waals surface area contributed by atoms with Crippen molar-refractivity contribution in [3.63, 3.8) is 0 Å². The molecule has 0 aliphatic heterocycles. The quantitative estimate of drug-likeness (QED) is 0.928. The summed E-state index contributed by atoms with van der Waals surface area (Å²) in [6, 6.07) is 0.341. The second kappa shape index (κ2) is 4.85. The first-order chi connectivity index (χ1) is 9.84. The normalized spacial score (nSPS) is 24.1. The van der Waals surface area contributed by atoms with Crippen molar-refractivity contribution in [2.45, 2.75) is 77.7 Å². The molecule has 4 nitrogen and oxygen atoms in total. The fraction of sp³-hybridized carbons (Fsp3) is 0.765. The number of hydrogen-bond acceptors (Lipinski definition) is 3. The summed E-state index contributed by atoms with van der Waals surface area (Å²) in [7, 11) is 0. The van der Waals surface area contributed by atoms with Crippen molar-refractivity contribution in [1.29, 1.82) is 0 Å². The van der Waals surface area contributed by atoms with E-state index in [0.717, 1.165) is 29.9 Å². The van der Waals surface area contributed by atoms with Crippen LogP contribution in [-0.2, 0) is 10.2 Å². The lowest BCUT2D eigenvalue weighted by Gasteiger charge is -2.33. The minimum absolute atomic E-state index is 0.0969. The van der Waals surface area contributed by atoms with Crippen LogP contribution in [0.4, 0.5) is 0 Å². The Kier molecular flexibility index (Phi) is 3.38. The molecule has 116 valence electrons. The van der Waals surface area contributed by atoms with Crippen LogP contribution in [0.2, 0.25) is 0 Å². The van der Waals surface area contributed by atoms with Gasteiger partial charge in [0.05, 0.1) is 11.1 Å². The largest absolute Gasteiger partial charge is 0.361 e. The van der Waals surface area contributed by atoms with Crippen LogP contribution in [0, 0.1) is 19.3 Å². The zero-order chi connectivity index (χ0) is 15.3. The summed E-state index contributed by atoms with van der Waals surface area (Å²) < 4.78 is 5.23. The van der Waals surface area contributed by atoms with Gasteiger partial charge in [0.1, 0.15) is 5.76 Å². The van der Waals surface area contributed by atoms with Gasteiger partial charge in [0, 0.05) is 11.6 Å². The number of aromatic nitrogens is 1. The number of nitrogens with one attached hydrogen (secondary N) is 1. The van der Waals surface area contributed by atoms with Gasteiger partial charge in [0.2, 0.25) is 5.91 Å². The Morgan fingerprint density at radius 1 is 1.33 bits per heavy atom. The number of aryl methyl sites for hydroxylation is 2. The van der Waals surface area contributed by atoms with Crippen LogP contribution in [0.25, 0.3) is 0 Å². The smallest absolute Gasteiger partial charge is 0.230 e. The highest BCUT2D eigenvalue weighted by molar-refractivity contribution is 5.88. The van der Waals surface area contributed by atoms with E-state index in [2.05, 4.69) is 10.5 Å². The Hall–Kier alpha value is -1.32. The average molecular weight is 290 g/mol. The zero-order valence-electron chi connectivity index (χ0n) is 13.6. The molecule has 21 heavy (non-hydrogen) atoms. The first kappa shape index (κ1) is 14.6. The molecule has 2 saturated carbocycles. The third-order valence-corrected chi connectivity index (χ3v) is 5.46. The first-order valence-electron chi connectivity index (χ1n) is 8.08. The van der Waals surface area contributed by atoms with E-state index in [1.807, 2.05) is 27.7 Å². The number of rotatable bonds is 3. The molecule has 1 aromatic heterocycles. The SMILES string of the molecule is Cc1noc(C)c1C(C)(C)C(=O)NC1CCCC2(CC2)C1. The summed E-state index contributed by atoms with van der Waals surface area (Å²) in [6.45, 7) is 7.71. The summed E-state index contributed by atoms with van der Waals surface area (Å²) in [6.07, 6.45) is 7.59. The van der Waals surface area contributed by atoms with Gasteiger partial charge in [-0.25, -0.2) is 0 Å². The summed E-state index contributed by atoms with van der Waals surface area (Å²) in [5, 5.41) is 7.28. The Balaban J connectivity index is 1.72. The van der Waals surface area contributed by atoms with E-state index >= 15 is 0 Å². The molecule has 1 N–H and O–H groups in total. The average Bonchev–Trinajstić information content (AvgIpc) is 3.05. The molecule has 2 aliphatic carbocycles. The van der Waals surface area contributed by atoms with Gasteiger partial charge >= 0.3 is 0 Å². The van der Waals surface area contributed by atoms with E-state index in [1.165, 1.54) is 25.7 Å². The molecule has 0 radical (unpaired) electrons. The molecule has 2 fully saturated rings. The molecule has 0 bridgehead atoms. The molecule has 1 aromatic rings. The van der Waals surface area contributed by atoms with Crippen molar-refractivity contribution in [2.75, 3.05) is 0 Å². The Morgan fingerprint density at radius 2 is 2.05 bits per heavy atom. The standard InChI is InChI=1S/C17H26N2O2/c1-11-14(12(2)21-19-11)16(3,4)15(20)18-13-6-5-7-17(10-13)8-9-17/h13H,5-10H2,1-4H3,(H,18,20). The maximum Gasteiger partial charge on any atom is 0.230 e. The molecule has 4 heteroatoms. The van der Waals surface area contributed by atoms with Crippen molar-refractivity contribution in [3.8, 4) is 0 Å². The van der Waals surface area contributed by atoms with E-state index in [1.54, 1.807) is 0 Å². The lowest BCUT2D eigenvalue weighted by Crippen LogP contribution is -2.47. The van der Waals surface area contributed by atoms with Crippen LogP contribution in [-0.4, -0.2) is 17.1 Å². The highest BCUT2D eigenvalue weighted by Gasteiger charge is 2.46. The van der Waals surface area contributed by atoms with Crippen molar-refractivity contribution in [3.05, 3.63) is 17.0 Å². The molecule has 3 rings (SSSR count). The van der Waals surface area contributed by atoms with Gasteiger partial charge in [-0.15, -0.1) is 0 Å². The molecule has 1 heterocycles. The molecule has 0 saturated heterocycles. The number of carbonyl (C=O) groups excluding carboxylic acids is 1. The molecule has 1 spiro atoms. The lowest BCUT2D eigenvalue weighted by atomic mass is 9.80. The van der Waals surface area contributed by atoms with E-state index in [4.69, 9.17) is 4.52 Å². The first-order valence-corrected chi connectivity index (χ1v) is 8.08. The Labute approximate surface area is 126 Å². The van der Waals surface area contributed by atoms with E-state index in [-0.39, 0.29) is 5.91 Å². The number of carbonyl (C=O) groups is 1. The second-order valence-electron chi connectivity index (χ2n) is 7.59. The summed E-state index contributed by atoms with van der Waals surface area (Å²) >= 11 is 0. The third-order valence-electron chi connectivity index (χ3n) is 5.46. The number of nitrogens with zero attached hydrogens (tertiary/aromatic N) is 1. The van der Waals surface area contributed by atoms with Crippen LogP contribution in [0.3, 0.4) is 0 Å². The van der Waals surface area contributed by atoms with E-state index in [0.29, 0.717) is 11.5 Å². The van der Waals surface area contributed by atoms with Gasteiger partial charge in [0.25, 0.3) is 0 Å². The molecular formula is C17H26N2O2. The lowest BCUT2D eigenvalue weighted by molar-refractivity contribution is -0.126. The molecule has 0 aromatic carbocycles. The third kappa shape index (κ3) is 2.60. The molecule has 2 aliphatic rings. The van der Waals surface area contributed by atoms with Crippen molar-refractivity contribution < 1.29 is 9.32 Å². The van der Waals surface area contributed by atoms with Gasteiger partial charge in [-0.2, -0.15) is 0 Å². The van der Waals surface area contributed by atoms with Gasteiger partial charge in [-0.05, 0) is 65.2 Å². The fourth-order valence-corrected chi connectivity index (χ4v) is 4.06. The minimum atomic E-state index is -0.595. The highest BCUT2D eigenvalue weighted by atomic mass is 16.5. The van der Waals surface area contributed by atoms with Crippen LogP contribution < -0.4 is 5.32 Å². The minimum Gasteiger partial charge on any atom is -0.361 e. The van der Waals surface area contributed by atoms with Crippen molar-refractivity contribution in [2.24, 2.45) is 5.41 Å². The van der Waals surface area contributed by atoms with Crippen LogP contribution in [0.15, 0.2) is 4.52 Å². The number of amides is 1. The fourth-order valence-electron chi connectivity index (χ4n) is 4.06. The molecule has 1 unspecified atom stereocenters. The van der Waals surface area contributed by atoms with Crippen LogP contribution in [0.5, 0.6) is 0 Å². The maximum absolute atomic E-state index is 12.8. The van der Waals surface area contributed by atoms with Gasteiger partial charge in [-0.3, -0.25) is 4.79 Å². The topological polar surface area (TPSA) is 55.1 Å². The summed E-state index contributed by atoms with van der Waals surface area (Å²) in [5.74, 6) is 0.842. The Morgan fingerprint density at radius 3 is 2.62 bits per heavy atom. The van der Waals surface area contributed by atoms with Crippen molar-refractivity contribution >= 4 is 5.91 Å².